The third kappa shape index (κ3) is 3.81. The highest BCUT2D eigenvalue weighted by molar-refractivity contribution is 7.09. The van der Waals surface area contributed by atoms with Crippen molar-refractivity contribution in [3.63, 3.8) is 0 Å². The van der Waals surface area contributed by atoms with Crippen LogP contribution in [0.4, 0.5) is 13.2 Å². The molecule has 0 radical (unpaired) electrons. The number of nitrogens with zero attached hydrogens (tertiary/aromatic N) is 2. The summed E-state index contributed by atoms with van der Waals surface area (Å²) in [5.41, 5.74) is 0.217. The SMILES string of the molecule is Cc1nc(CN(C)C(=O)c2ccc(C(F)(F)F)cc2)cs1. The van der Waals surface area contributed by atoms with Gasteiger partial charge in [0.2, 0.25) is 0 Å². The fourth-order valence-corrected chi connectivity index (χ4v) is 2.42. The number of thiazole rings is 1. The number of hydrogen-bond acceptors (Lipinski definition) is 3. The molecule has 0 spiro atoms. The summed E-state index contributed by atoms with van der Waals surface area (Å²) < 4.78 is 37.4. The molecule has 0 atom stereocenters. The van der Waals surface area contributed by atoms with Crippen LogP contribution in [-0.4, -0.2) is 22.8 Å². The lowest BCUT2D eigenvalue weighted by Crippen LogP contribution is -2.26. The van der Waals surface area contributed by atoms with Crippen molar-refractivity contribution in [2.45, 2.75) is 19.6 Å². The maximum Gasteiger partial charge on any atom is 0.416 e. The van der Waals surface area contributed by atoms with E-state index in [4.69, 9.17) is 0 Å². The maximum atomic E-state index is 12.5. The number of aromatic nitrogens is 1. The molecule has 0 fully saturated rings. The molecule has 0 aliphatic heterocycles. The monoisotopic (exact) mass is 314 g/mol. The number of amides is 1. The molecule has 0 unspecified atom stereocenters. The molecule has 0 bridgehead atoms. The molecule has 1 aromatic carbocycles. The molecule has 0 saturated carbocycles. The van der Waals surface area contributed by atoms with Crippen LogP contribution in [-0.2, 0) is 12.7 Å². The highest BCUT2D eigenvalue weighted by atomic mass is 32.1. The zero-order valence-electron chi connectivity index (χ0n) is 11.4. The van der Waals surface area contributed by atoms with Gasteiger partial charge in [0.15, 0.2) is 0 Å². The first-order chi connectivity index (χ1) is 9.77. The van der Waals surface area contributed by atoms with Gasteiger partial charge in [0.25, 0.3) is 5.91 Å². The fraction of sp³-hybridized carbons (Fsp3) is 0.286. The second kappa shape index (κ2) is 5.85. The Labute approximate surface area is 124 Å². The molecular formula is C14H13F3N2OS. The van der Waals surface area contributed by atoms with E-state index in [0.717, 1.165) is 22.8 Å². The normalized spacial score (nSPS) is 11.5. The zero-order valence-corrected chi connectivity index (χ0v) is 12.3. The molecule has 7 heteroatoms. The van der Waals surface area contributed by atoms with Gasteiger partial charge in [-0.3, -0.25) is 4.79 Å². The van der Waals surface area contributed by atoms with Crippen LogP contribution in [0.1, 0.15) is 26.6 Å². The van der Waals surface area contributed by atoms with Crippen molar-refractivity contribution in [1.82, 2.24) is 9.88 Å². The van der Waals surface area contributed by atoms with Crippen molar-refractivity contribution in [1.29, 1.82) is 0 Å². The first kappa shape index (κ1) is 15.5. The van der Waals surface area contributed by atoms with Crippen LogP contribution in [0.5, 0.6) is 0 Å². The molecule has 0 N–H and O–H groups in total. The fourth-order valence-electron chi connectivity index (χ4n) is 1.82. The Morgan fingerprint density at radius 1 is 1.29 bits per heavy atom. The zero-order chi connectivity index (χ0) is 15.6. The van der Waals surface area contributed by atoms with Gasteiger partial charge < -0.3 is 4.90 Å². The molecule has 2 rings (SSSR count). The molecule has 2 aromatic rings. The first-order valence-electron chi connectivity index (χ1n) is 6.11. The van der Waals surface area contributed by atoms with Crippen LogP contribution in [0.2, 0.25) is 0 Å². The number of benzene rings is 1. The van der Waals surface area contributed by atoms with Crippen LogP contribution >= 0.6 is 11.3 Å². The molecule has 112 valence electrons. The first-order valence-corrected chi connectivity index (χ1v) is 6.99. The third-order valence-corrected chi connectivity index (χ3v) is 3.69. The van der Waals surface area contributed by atoms with Crippen LogP contribution in [0.3, 0.4) is 0 Å². The Kier molecular flexibility index (Phi) is 4.32. The number of rotatable bonds is 3. The molecule has 1 aromatic heterocycles. The summed E-state index contributed by atoms with van der Waals surface area (Å²) in [6.45, 7) is 2.19. The average molecular weight is 314 g/mol. The third-order valence-electron chi connectivity index (χ3n) is 2.87. The minimum absolute atomic E-state index is 0.220. The standard InChI is InChI=1S/C14H13F3N2OS/c1-9-18-12(8-21-9)7-19(2)13(20)10-3-5-11(6-4-10)14(15,16)17/h3-6,8H,7H2,1-2H3. The van der Waals surface area contributed by atoms with Gasteiger partial charge in [-0.2, -0.15) is 13.2 Å². The second-order valence-corrected chi connectivity index (χ2v) is 5.66. The van der Waals surface area contributed by atoms with E-state index < -0.39 is 11.7 Å². The summed E-state index contributed by atoms with van der Waals surface area (Å²) in [6, 6.07) is 4.20. The molecule has 0 aliphatic carbocycles. The quantitative estimate of drug-likeness (QED) is 0.864. The van der Waals surface area contributed by atoms with Gasteiger partial charge in [-0.05, 0) is 31.2 Å². The van der Waals surface area contributed by atoms with E-state index in [9.17, 15) is 18.0 Å². The molecule has 0 saturated heterocycles. The molecule has 1 amide bonds. The Bertz CT molecular complexity index is 634. The molecule has 21 heavy (non-hydrogen) atoms. The van der Waals surface area contributed by atoms with Crippen LogP contribution in [0.15, 0.2) is 29.6 Å². The summed E-state index contributed by atoms with van der Waals surface area (Å²) in [6.07, 6.45) is -4.40. The highest BCUT2D eigenvalue weighted by Crippen LogP contribution is 2.29. The smallest absolute Gasteiger partial charge is 0.336 e. The second-order valence-electron chi connectivity index (χ2n) is 4.59. The predicted molar refractivity (Wildman–Crippen MR) is 74.1 cm³/mol. The van der Waals surface area contributed by atoms with Gasteiger partial charge in [0, 0.05) is 18.0 Å². The van der Waals surface area contributed by atoms with E-state index in [1.807, 2.05) is 12.3 Å². The number of carbonyl (C=O) groups excluding carboxylic acids is 1. The van der Waals surface area contributed by atoms with E-state index in [-0.39, 0.29) is 11.5 Å². The van der Waals surface area contributed by atoms with Gasteiger partial charge in [0.1, 0.15) is 0 Å². The van der Waals surface area contributed by atoms with Crippen molar-refractivity contribution < 1.29 is 18.0 Å². The van der Waals surface area contributed by atoms with E-state index >= 15 is 0 Å². The van der Waals surface area contributed by atoms with Crippen molar-refractivity contribution in [2.24, 2.45) is 0 Å². The van der Waals surface area contributed by atoms with E-state index in [2.05, 4.69) is 4.98 Å². The lowest BCUT2D eigenvalue weighted by molar-refractivity contribution is -0.137. The molecule has 3 nitrogen and oxygen atoms in total. The Morgan fingerprint density at radius 3 is 2.38 bits per heavy atom. The van der Waals surface area contributed by atoms with E-state index in [1.54, 1.807) is 7.05 Å². The number of alkyl halides is 3. The lowest BCUT2D eigenvalue weighted by atomic mass is 10.1. The summed E-state index contributed by atoms with van der Waals surface area (Å²) in [5, 5.41) is 2.76. The minimum atomic E-state index is -4.40. The van der Waals surface area contributed by atoms with E-state index in [0.29, 0.717) is 6.54 Å². The average Bonchev–Trinajstić information content (AvgIpc) is 2.82. The molecule has 1 heterocycles. The molecular weight excluding hydrogens is 301 g/mol. The van der Waals surface area contributed by atoms with Crippen LogP contribution < -0.4 is 0 Å². The van der Waals surface area contributed by atoms with Gasteiger partial charge in [-0.15, -0.1) is 11.3 Å². The van der Waals surface area contributed by atoms with Crippen molar-refractivity contribution in [2.75, 3.05) is 7.05 Å². The van der Waals surface area contributed by atoms with Gasteiger partial charge >= 0.3 is 6.18 Å². The summed E-state index contributed by atoms with van der Waals surface area (Å²) in [7, 11) is 1.59. The van der Waals surface area contributed by atoms with Gasteiger partial charge in [-0.25, -0.2) is 4.98 Å². The number of halogens is 3. The highest BCUT2D eigenvalue weighted by Gasteiger charge is 2.30. The predicted octanol–water partition coefficient (Wildman–Crippen LogP) is 3.74. The lowest BCUT2D eigenvalue weighted by Gasteiger charge is -2.16. The molecule has 0 aliphatic rings. The van der Waals surface area contributed by atoms with Gasteiger partial charge in [0.05, 0.1) is 22.8 Å². The number of carbonyl (C=O) groups is 1. The minimum Gasteiger partial charge on any atom is -0.336 e. The maximum absolute atomic E-state index is 12.5. The summed E-state index contributed by atoms with van der Waals surface area (Å²) >= 11 is 1.48. The van der Waals surface area contributed by atoms with Crippen LogP contribution in [0.25, 0.3) is 0 Å². The Morgan fingerprint density at radius 2 is 1.90 bits per heavy atom. The van der Waals surface area contributed by atoms with Crippen molar-refractivity contribution in [3.05, 3.63) is 51.5 Å². The topological polar surface area (TPSA) is 33.2 Å². The Balaban J connectivity index is 2.08. The summed E-state index contributed by atoms with van der Waals surface area (Å²) in [5.74, 6) is -0.339. The Hall–Kier alpha value is -1.89. The van der Waals surface area contributed by atoms with Crippen LogP contribution in [0, 0.1) is 6.92 Å². The number of hydrogen-bond donors (Lipinski definition) is 0. The summed E-state index contributed by atoms with van der Waals surface area (Å²) in [4.78, 5) is 17.8. The van der Waals surface area contributed by atoms with Gasteiger partial charge in [-0.1, -0.05) is 0 Å². The number of aryl methyl sites for hydroxylation is 1. The van der Waals surface area contributed by atoms with Crippen molar-refractivity contribution in [3.8, 4) is 0 Å². The van der Waals surface area contributed by atoms with E-state index in [1.165, 1.54) is 28.4 Å². The largest absolute Gasteiger partial charge is 0.416 e. The van der Waals surface area contributed by atoms with Crippen molar-refractivity contribution >= 4 is 17.2 Å².